The van der Waals surface area contributed by atoms with Gasteiger partial charge in [-0.05, 0) is 12.8 Å². The van der Waals surface area contributed by atoms with E-state index in [0.717, 1.165) is 20.0 Å². The summed E-state index contributed by atoms with van der Waals surface area (Å²) in [5.74, 6) is 0. The molecule has 0 fully saturated rings. The van der Waals surface area contributed by atoms with Crippen molar-refractivity contribution in [3.63, 3.8) is 0 Å². The second-order valence-corrected chi connectivity index (χ2v) is 1.45. The Morgan fingerprint density at radius 2 is 0.900 bits per heavy atom. The fraction of sp³-hybridized carbons (Fsp3) is 1.00. The van der Waals surface area contributed by atoms with Gasteiger partial charge in [0.1, 0.15) is 0 Å². The number of hydrogen-bond donors (Lipinski definition) is 3. The highest BCUT2D eigenvalue weighted by Gasteiger charge is 1.57. The fourth-order valence-corrected chi connectivity index (χ4v) is 0. The molecule has 0 saturated heterocycles. The lowest BCUT2D eigenvalue weighted by Gasteiger charge is -1.69. The maximum atomic E-state index is 7.88. The average molecular weight is 152 g/mol. The van der Waals surface area contributed by atoms with Gasteiger partial charge in [0.15, 0.2) is 0 Å². The van der Waals surface area contributed by atoms with Crippen molar-refractivity contribution in [1.29, 1.82) is 0 Å². The first-order chi connectivity index (χ1) is 4.83. The van der Waals surface area contributed by atoms with E-state index in [1.165, 1.54) is 0 Å². The molecule has 0 aliphatic rings. The van der Waals surface area contributed by atoms with Crippen LogP contribution >= 0.6 is 0 Å². The van der Waals surface area contributed by atoms with E-state index < -0.39 is 0 Å². The summed E-state index contributed by atoms with van der Waals surface area (Å²) in [6.07, 6.45) is 1.75. The molecule has 0 spiro atoms. The molecule has 0 aromatic heterocycles. The Labute approximate surface area is 63.3 Å². The molecule has 0 aliphatic carbocycles. The van der Waals surface area contributed by atoms with Crippen molar-refractivity contribution in [1.82, 2.24) is 0 Å². The van der Waals surface area contributed by atoms with Crippen LogP contribution in [0.15, 0.2) is 0 Å². The van der Waals surface area contributed by atoms with Gasteiger partial charge in [-0.1, -0.05) is 13.8 Å². The molecule has 3 nitrogen and oxygen atoms in total. The van der Waals surface area contributed by atoms with Gasteiger partial charge in [-0.3, -0.25) is 0 Å². The zero-order valence-corrected chi connectivity index (χ0v) is 7.17. The minimum absolute atomic E-state index is 0.319. The Morgan fingerprint density at radius 1 is 0.800 bits per heavy atom. The number of hydrogen-bond acceptors (Lipinski definition) is 3. The molecule has 0 radical (unpaired) electrons. The van der Waals surface area contributed by atoms with Crippen molar-refractivity contribution in [2.75, 3.05) is 20.3 Å². The third-order valence-corrected chi connectivity index (χ3v) is 0.447. The Morgan fingerprint density at radius 3 is 0.900 bits per heavy atom. The minimum atomic E-state index is 0.319. The summed E-state index contributed by atoms with van der Waals surface area (Å²) in [5, 5.41) is 22.8. The van der Waals surface area contributed by atoms with E-state index in [9.17, 15) is 0 Å². The zero-order valence-electron chi connectivity index (χ0n) is 7.17. The number of aliphatic hydroxyl groups excluding tert-OH is 3. The first kappa shape index (κ1) is 16.5. The van der Waals surface area contributed by atoms with Gasteiger partial charge in [0.05, 0.1) is 0 Å². The molecule has 0 heterocycles. The zero-order chi connectivity index (χ0) is 8.83. The topological polar surface area (TPSA) is 60.7 Å². The highest BCUT2D eigenvalue weighted by Crippen LogP contribution is 1.61. The third-order valence-electron chi connectivity index (χ3n) is 0.447. The summed E-state index contributed by atoms with van der Waals surface area (Å²) in [6, 6.07) is 0. The Hall–Kier alpha value is -0.120. The lowest BCUT2D eigenvalue weighted by Crippen LogP contribution is -1.69. The van der Waals surface area contributed by atoms with Crippen molar-refractivity contribution < 1.29 is 15.3 Å². The normalized spacial score (nSPS) is 6.60. The van der Waals surface area contributed by atoms with Gasteiger partial charge in [0.2, 0.25) is 0 Å². The van der Waals surface area contributed by atoms with Gasteiger partial charge in [-0.2, -0.15) is 0 Å². The largest absolute Gasteiger partial charge is 0.400 e. The second-order valence-electron chi connectivity index (χ2n) is 1.45. The van der Waals surface area contributed by atoms with Crippen LogP contribution in [0.2, 0.25) is 0 Å². The van der Waals surface area contributed by atoms with Crippen LogP contribution in [0.25, 0.3) is 0 Å². The van der Waals surface area contributed by atoms with Gasteiger partial charge >= 0.3 is 0 Å². The van der Waals surface area contributed by atoms with Gasteiger partial charge in [0, 0.05) is 20.3 Å². The molecule has 0 aliphatic heterocycles. The predicted octanol–water partition coefficient (Wildman–Crippen LogP) is 0.386. The first-order valence-corrected chi connectivity index (χ1v) is 3.49. The summed E-state index contributed by atoms with van der Waals surface area (Å²) in [6.45, 7) is 4.50. The molecule has 10 heavy (non-hydrogen) atoms. The summed E-state index contributed by atoms with van der Waals surface area (Å²) in [5.41, 5.74) is 0. The molecule has 0 atom stereocenters. The van der Waals surface area contributed by atoms with Crippen LogP contribution in [-0.2, 0) is 0 Å². The smallest absolute Gasteiger partial charge is 0.0428 e. The Kier molecular flexibility index (Phi) is 60.3. The quantitative estimate of drug-likeness (QED) is 0.536. The minimum Gasteiger partial charge on any atom is -0.400 e. The average Bonchev–Trinajstić information content (AvgIpc) is 2.08. The van der Waals surface area contributed by atoms with Crippen molar-refractivity contribution in [2.24, 2.45) is 0 Å². The number of rotatable bonds is 2. The maximum absolute atomic E-state index is 7.88. The van der Waals surface area contributed by atoms with E-state index in [0.29, 0.717) is 13.2 Å². The van der Waals surface area contributed by atoms with Gasteiger partial charge in [-0.15, -0.1) is 0 Å². The molecule has 0 saturated carbocycles. The molecule has 3 N–H and O–H groups in total. The Balaban J connectivity index is -0.0000000787. The molecular formula is C7H20O3. The fourth-order valence-electron chi connectivity index (χ4n) is 0. The standard InChI is InChI=1S/2C3H8O.CH4O/c2*1-2-3-4;1-2/h2*4H,2-3H2,1H3;2H,1H3. The van der Waals surface area contributed by atoms with Gasteiger partial charge < -0.3 is 15.3 Å². The summed E-state index contributed by atoms with van der Waals surface area (Å²) in [4.78, 5) is 0. The highest BCUT2D eigenvalue weighted by atomic mass is 16.3. The van der Waals surface area contributed by atoms with Crippen LogP contribution in [-0.4, -0.2) is 35.6 Å². The van der Waals surface area contributed by atoms with E-state index >= 15 is 0 Å². The lowest BCUT2D eigenvalue weighted by atomic mass is 10.5. The first-order valence-electron chi connectivity index (χ1n) is 3.49. The van der Waals surface area contributed by atoms with Crippen molar-refractivity contribution in [3.05, 3.63) is 0 Å². The van der Waals surface area contributed by atoms with Crippen LogP contribution in [0.5, 0.6) is 0 Å². The molecule has 0 amide bonds. The van der Waals surface area contributed by atoms with Crippen LogP contribution in [0.1, 0.15) is 26.7 Å². The highest BCUT2D eigenvalue weighted by molar-refractivity contribution is 4.10. The van der Waals surface area contributed by atoms with E-state index in [-0.39, 0.29) is 0 Å². The van der Waals surface area contributed by atoms with Crippen LogP contribution in [0, 0.1) is 0 Å². The lowest BCUT2D eigenvalue weighted by molar-refractivity contribution is 0.294. The molecule has 0 bridgehead atoms. The molecular weight excluding hydrogens is 132 g/mol. The SMILES string of the molecule is CCCO.CCCO.CO. The van der Waals surface area contributed by atoms with E-state index in [1.54, 1.807) is 0 Å². The van der Waals surface area contributed by atoms with E-state index in [1.807, 2.05) is 13.8 Å². The van der Waals surface area contributed by atoms with Crippen molar-refractivity contribution in [2.45, 2.75) is 26.7 Å². The molecule has 0 unspecified atom stereocenters. The van der Waals surface area contributed by atoms with Gasteiger partial charge in [-0.25, -0.2) is 0 Å². The van der Waals surface area contributed by atoms with Gasteiger partial charge in [0.25, 0.3) is 0 Å². The van der Waals surface area contributed by atoms with E-state index in [4.69, 9.17) is 15.3 Å². The van der Waals surface area contributed by atoms with Crippen LogP contribution in [0.4, 0.5) is 0 Å². The Bertz CT molecular complexity index is 16.8. The summed E-state index contributed by atoms with van der Waals surface area (Å²) in [7, 11) is 1.00. The van der Waals surface area contributed by atoms with Crippen LogP contribution in [0.3, 0.4) is 0 Å². The third kappa shape index (κ3) is 106. The molecule has 0 rings (SSSR count). The monoisotopic (exact) mass is 152 g/mol. The second kappa shape index (κ2) is 36.6. The predicted molar refractivity (Wildman–Crippen MR) is 42.9 cm³/mol. The van der Waals surface area contributed by atoms with Crippen LogP contribution < -0.4 is 0 Å². The molecule has 0 aromatic rings. The van der Waals surface area contributed by atoms with Crippen molar-refractivity contribution in [3.8, 4) is 0 Å². The maximum Gasteiger partial charge on any atom is 0.0428 e. The van der Waals surface area contributed by atoms with E-state index in [2.05, 4.69) is 0 Å². The number of aliphatic hydroxyl groups is 3. The molecule has 3 heteroatoms. The molecule has 0 aromatic carbocycles. The summed E-state index contributed by atoms with van der Waals surface area (Å²) < 4.78 is 0. The van der Waals surface area contributed by atoms with Crippen molar-refractivity contribution >= 4 is 0 Å². The molecule has 66 valence electrons. The summed E-state index contributed by atoms with van der Waals surface area (Å²) >= 11 is 0.